The van der Waals surface area contributed by atoms with Crippen LogP contribution in [0.15, 0.2) is 47.4 Å². The SMILES string of the molecule is COC(=O)c1cccc(NC(=O)c2ccc(OC)c(S(=O)(=O)N3CCOCC3)c2)c1. The average Bonchev–Trinajstić information content (AvgIpc) is 2.78. The first-order valence-corrected chi connectivity index (χ1v) is 10.6. The van der Waals surface area contributed by atoms with Gasteiger partial charge in [-0.2, -0.15) is 4.31 Å². The fourth-order valence-electron chi connectivity index (χ4n) is 2.99. The van der Waals surface area contributed by atoms with Crippen LogP contribution in [-0.4, -0.2) is 65.1 Å². The third-order valence-electron chi connectivity index (χ3n) is 4.56. The number of carbonyl (C=O) groups is 2. The largest absolute Gasteiger partial charge is 0.495 e. The molecule has 2 aromatic carbocycles. The van der Waals surface area contributed by atoms with Gasteiger partial charge in [-0.1, -0.05) is 6.07 Å². The van der Waals surface area contributed by atoms with Gasteiger partial charge in [-0.25, -0.2) is 13.2 Å². The second-order valence-corrected chi connectivity index (χ2v) is 8.31. The zero-order chi connectivity index (χ0) is 21.7. The maximum absolute atomic E-state index is 13.1. The Bertz CT molecular complexity index is 1050. The summed E-state index contributed by atoms with van der Waals surface area (Å²) in [7, 11) is -1.24. The van der Waals surface area contributed by atoms with Crippen molar-refractivity contribution in [3.05, 3.63) is 53.6 Å². The zero-order valence-corrected chi connectivity index (χ0v) is 17.4. The van der Waals surface area contributed by atoms with Crippen molar-refractivity contribution in [2.45, 2.75) is 4.90 Å². The van der Waals surface area contributed by atoms with Gasteiger partial charge >= 0.3 is 5.97 Å². The maximum atomic E-state index is 13.1. The minimum absolute atomic E-state index is 0.0946. The van der Waals surface area contributed by atoms with Crippen molar-refractivity contribution in [1.82, 2.24) is 4.31 Å². The fraction of sp³-hybridized carbons (Fsp3) is 0.300. The summed E-state index contributed by atoms with van der Waals surface area (Å²) in [5.74, 6) is -0.918. The van der Waals surface area contributed by atoms with E-state index in [0.29, 0.717) is 18.9 Å². The van der Waals surface area contributed by atoms with Gasteiger partial charge in [0.1, 0.15) is 10.6 Å². The molecule has 30 heavy (non-hydrogen) atoms. The molecule has 1 heterocycles. The van der Waals surface area contributed by atoms with Gasteiger partial charge in [0.2, 0.25) is 10.0 Å². The highest BCUT2D eigenvalue weighted by atomic mass is 32.2. The normalized spacial score (nSPS) is 14.7. The number of sulfonamides is 1. The monoisotopic (exact) mass is 434 g/mol. The molecule has 2 aromatic rings. The van der Waals surface area contributed by atoms with Crippen molar-refractivity contribution in [3.8, 4) is 5.75 Å². The Morgan fingerprint density at radius 2 is 1.77 bits per heavy atom. The van der Waals surface area contributed by atoms with Crippen molar-refractivity contribution in [3.63, 3.8) is 0 Å². The predicted octanol–water partition coefficient (Wildman–Crippen LogP) is 1.75. The third kappa shape index (κ3) is 4.61. The van der Waals surface area contributed by atoms with Crippen LogP contribution in [0.2, 0.25) is 0 Å². The van der Waals surface area contributed by atoms with E-state index in [-0.39, 0.29) is 34.9 Å². The van der Waals surface area contributed by atoms with E-state index >= 15 is 0 Å². The molecule has 160 valence electrons. The van der Waals surface area contributed by atoms with Crippen LogP contribution in [0.4, 0.5) is 5.69 Å². The molecule has 0 radical (unpaired) electrons. The van der Waals surface area contributed by atoms with Gasteiger partial charge in [0, 0.05) is 24.3 Å². The van der Waals surface area contributed by atoms with E-state index in [1.807, 2.05) is 0 Å². The zero-order valence-electron chi connectivity index (χ0n) is 16.6. The van der Waals surface area contributed by atoms with Crippen LogP contribution in [-0.2, 0) is 19.5 Å². The number of esters is 1. The highest BCUT2D eigenvalue weighted by Crippen LogP contribution is 2.29. The first-order valence-electron chi connectivity index (χ1n) is 9.12. The molecule has 1 aliphatic heterocycles. The highest BCUT2D eigenvalue weighted by Gasteiger charge is 2.30. The van der Waals surface area contributed by atoms with Crippen LogP contribution in [0.5, 0.6) is 5.75 Å². The van der Waals surface area contributed by atoms with Gasteiger partial charge in [0.05, 0.1) is 33.0 Å². The van der Waals surface area contributed by atoms with Crippen LogP contribution in [0.1, 0.15) is 20.7 Å². The number of benzene rings is 2. The minimum Gasteiger partial charge on any atom is -0.495 e. The van der Waals surface area contributed by atoms with E-state index in [9.17, 15) is 18.0 Å². The Morgan fingerprint density at radius 3 is 2.43 bits per heavy atom. The lowest BCUT2D eigenvalue weighted by Crippen LogP contribution is -2.40. The van der Waals surface area contributed by atoms with E-state index < -0.39 is 21.9 Å². The molecular weight excluding hydrogens is 412 g/mol. The molecule has 1 fully saturated rings. The number of methoxy groups -OCH3 is 2. The lowest BCUT2D eigenvalue weighted by Gasteiger charge is -2.26. The van der Waals surface area contributed by atoms with Crippen LogP contribution in [0.3, 0.4) is 0 Å². The van der Waals surface area contributed by atoms with E-state index in [4.69, 9.17) is 9.47 Å². The molecule has 1 aliphatic rings. The summed E-state index contributed by atoms with van der Waals surface area (Å²) in [6.45, 7) is 1.06. The van der Waals surface area contributed by atoms with Crippen molar-refractivity contribution >= 4 is 27.6 Å². The molecular formula is C20H22N2O7S. The Labute approximate surface area is 174 Å². The van der Waals surface area contributed by atoms with E-state index in [1.165, 1.54) is 42.8 Å². The number of hydrogen-bond donors (Lipinski definition) is 1. The second-order valence-electron chi connectivity index (χ2n) is 6.41. The molecule has 10 heteroatoms. The van der Waals surface area contributed by atoms with Crippen LogP contribution < -0.4 is 10.1 Å². The van der Waals surface area contributed by atoms with Gasteiger partial charge in [-0.05, 0) is 36.4 Å². The number of nitrogens with zero attached hydrogens (tertiary/aromatic N) is 1. The van der Waals surface area contributed by atoms with Crippen molar-refractivity contribution < 1.29 is 32.2 Å². The second kappa shape index (κ2) is 9.24. The van der Waals surface area contributed by atoms with E-state index in [0.717, 1.165) is 0 Å². The molecule has 0 aromatic heterocycles. The molecule has 0 spiro atoms. The number of morpholine rings is 1. The summed E-state index contributed by atoms with van der Waals surface area (Å²) in [6, 6.07) is 10.4. The quantitative estimate of drug-likeness (QED) is 0.690. The summed E-state index contributed by atoms with van der Waals surface area (Å²) < 4.78 is 42.5. The lowest BCUT2D eigenvalue weighted by atomic mass is 10.1. The van der Waals surface area contributed by atoms with Gasteiger partial charge in [-0.15, -0.1) is 0 Å². The summed E-state index contributed by atoms with van der Waals surface area (Å²) >= 11 is 0. The number of nitrogens with one attached hydrogen (secondary N) is 1. The molecule has 0 atom stereocenters. The summed E-state index contributed by atoms with van der Waals surface area (Å²) in [5.41, 5.74) is 0.781. The topological polar surface area (TPSA) is 111 Å². The number of rotatable bonds is 6. The smallest absolute Gasteiger partial charge is 0.337 e. The molecule has 3 rings (SSSR count). The standard InChI is InChI=1S/C20H22N2O7S/c1-27-17-7-6-14(13-18(17)30(25,26)22-8-10-29-11-9-22)19(23)21-16-5-3-4-15(12-16)20(24)28-2/h3-7,12-13H,8-11H2,1-2H3,(H,21,23). The van der Waals surface area contributed by atoms with Gasteiger partial charge in [-0.3, -0.25) is 4.79 Å². The van der Waals surface area contributed by atoms with E-state index in [2.05, 4.69) is 10.1 Å². The molecule has 1 N–H and O–H groups in total. The summed E-state index contributed by atoms with van der Waals surface area (Å²) in [4.78, 5) is 24.3. The maximum Gasteiger partial charge on any atom is 0.337 e. The molecule has 0 unspecified atom stereocenters. The Balaban J connectivity index is 1.89. The van der Waals surface area contributed by atoms with Crippen molar-refractivity contribution in [2.24, 2.45) is 0 Å². The predicted molar refractivity (Wildman–Crippen MR) is 108 cm³/mol. The summed E-state index contributed by atoms with van der Waals surface area (Å²) in [6.07, 6.45) is 0. The summed E-state index contributed by atoms with van der Waals surface area (Å²) in [5, 5.41) is 2.66. The van der Waals surface area contributed by atoms with Crippen LogP contribution in [0.25, 0.3) is 0 Å². The molecule has 0 aliphatic carbocycles. The minimum atomic E-state index is -3.87. The lowest BCUT2D eigenvalue weighted by molar-refractivity contribution is 0.0600. The number of ether oxygens (including phenoxy) is 3. The Kier molecular flexibility index (Phi) is 6.70. The first-order chi connectivity index (χ1) is 14.4. The number of amides is 1. The first kappa shape index (κ1) is 21.8. The molecule has 0 bridgehead atoms. The molecule has 9 nitrogen and oxygen atoms in total. The number of hydrogen-bond acceptors (Lipinski definition) is 7. The van der Waals surface area contributed by atoms with Gasteiger partial charge in [0.15, 0.2) is 0 Å². The Morgan fingerprint density at radius 1 is 1.03 bits per heavy atom. The van der Waals surface area contributed by atoms with E-state index in [1.54, 1.807) is 18.2 Å². The number of anilines is 1. The van der Waals surface area contributed by atoms with Crippen LogP contribution in [0, 0.1) is 0 Å². The van der Waals surface area contributed by atoms with Crippen LogP contribution >= 0.6 is 0 Å². The Hall–Kier alpha value is -2.95. The average molecular weight is 434 g/mol. The fourth-order valence-corrected chi connectivity index (χ4v) is 4.58. The number of carbonyl (C=O) groups excluding carboxylic acids is 2. The molecule has 1 amide bonds. The molecule has 0 saturated carbocycles. The highest BCUT2D eigenvalue weighted by molar-refractivity contribution is 7.89. The van der Waals surface area contributed by atoms with Gasteiger partial charge < -0.3 is 19.5 Å². The van der Waals surface area contributed by atoms with Crippen molar-refractivity contribution in [2.75, 3.05) is 45.8 Å². The van der Waals surface area contributed by atoms with Crippen molar-refractivity contribution in [1.29, 1.82) is 0 Å². The molecule has 1 saturated heterocycles. The van der Waals surface area contributed by atoms with Gasteiger partial charge in [0.25, 0.3) is 5.91 Å². The third-order valence-corrected chi connectivity index (χ3v) is 6.48.